The summed E-state index contributed by atoms with van der Waals surface area (Å²) >= 11 is 0. The van der Waals surface area contributed by atoms with E-state index in [9.17, 15) is 9.50 Å². The third kappa shape index (κ3) is 3.70. The zero-order valence-corrected chi connectivity index (χ0v) is 12.8. The molecule has 0 aliphatic rings. The maximum atomic E-state index is 12.9. The van der Waals surface area contributed by atoms with Crippen LogP contribution in [-0.4, -0.2) is 15.5 Å². The van der Waals surface area contributed by atoms with E-state index in [2.05, 4.69) is 4.99 Å². The lowest BCUT2D eigenvalue weighted by Crippen LogP contribution is -2.08. The molecule has 2 aromatic carbocycles. The number of aliphatic hydroxyl groups is 1. The van der Waals surface area contributed by atoms with Gasteiger partial charge in [0.15, 0.2) is 0 Å². The van der Waals surface area contributed by atoms with Crippen LogP contribution in [0.1, 0.15) is 5.56 Å². The fraction of sp³-hybridized carbons (Fsp3) is 0. The van der Waals surface area contributed by atoms with Crippen molar-refractivity contribution in [3.63, 3.8) is 0 Å². The van der Waals surface area contributed by atoms with Crippen LogP contribution in [0.5, 0.6) is 0 Å². The molecular formula is C19H16FN3O. The summed E-state index contributed by atoms with van der Waals surface area (Å²) in [6.45, 7) is 0. The molecule has 0 atom stereocenters. The molecular weight excluding hydrogens is 305 g/mol. The number of nitrogens with two attached hydrogens (primary N) is 1. The highest BCUT2D eigenvalue weighted by atomic mass is 19.1. The number of nitrogens with zero attached hydrogens (tertiary/aromatic N) is 2. The van der Waals surface area contributed by atoms with Gasteiger partial charge in [0.1, 0.15) is 17.4 Å². The van der Waals surface area contributed by atoms with Crippen LogP contribution in [0.3, 0.4) is 0 Å². The molecule has 0 spiro atoms. The molecule has 5 heteroatoms. The molecule has 0 saturated carbocycles. The van der Waals surface area contributed by atoms with E-state index in [1.165, 1.54) is 30.3 Å². The first-order valence-electron chi connectivity index (χ1n) is 7.36. The lowest BCUT2D eigenvalue weighted by Gasteiger charge is -2.04. The predicted octanol–water partition coefficient (Wildman–Crippen LogP) is 4.20. The van der Waals surface area contributed by atoms with E-state index in [0.29, 0.717) is 11.3 Å². The standard InChI is InChI=1S/C19H16FN3O/c20-15-8-6-14(7-9-15)18(24)13-19(21)22-16-4-3-5-17(12-16)23-10-1-2-11-23/h1-13,24H,(H2,21,22)/b18-13-. The average Bonchev–Trinajstić information content (AvgIpc) is 3.10. The van der Waals surface area contributed by atoms with Crippen molar-refractivity contribution in [1.82, 2.24) is 4.57 Å². The summed E-state index contributed by atoms with van der Waals surface area (Å²) in [4.78, 5) is 4.28. The Morgan fingerprint density at radius 2 is 1.75 bits per heavy atom. The summed E-state index contributed by atoms with van der Waals surface area (Å²) < 4.78 is 14.9. The van der Waals surface area contributed by atoms with Crippen LogP contribution >= 0.6 is 0 Å². The van der Waals surface area contributed by atoms with E-state index in [4.69, 9.17) is 5.73 Å². The largest absolute Gasteiger partial charge is 0.507 e. The Morgan fingerprint density at radius 1 is 1.04 bits per heavy atom. The van der Waals surface area contributed by atoms with E-state index in [0.717, 1.165) is 5.69 Å². The fourth-order valence-electron chi connectivity index (χ4n) is 2.26. The second-order valence-electron chi connectivity index (χ2n) is 5.18. The molecule has 3 aromatic rings. The van der Waals surface area contributed by atoms with E-state index < -0.39 is 0 Å². The van der Waals surface area contributed by atoms with E-state index in [1.807, 2.05) is 53.4 Å². The van der Waals surface area contributed by atoms with Crippen molar-refractivity contribution in [2.45, 2.75) is 0 Å². The van der Waals surface area contributed by atoms with E-state index in [-0.39, 0.29) is 17.4 Å². The van der Waals surface area contributed by atoms with E-state index in [1.54, 1.807) is 0 Å². The maximum Gasteiger partial charge on any atom is 0.127 e. The summed E-state index contributed by atoms with van der Waals surface area (Å²) in [6.07, 6.45) is 5.22. The minimum Gasteiger partial charge on any atom is -0.507 e. The van der Waals surface area contributed by atoms with Gasteiger partial charge in [0.2, 0.25) is 0 Å². The molecule has 3 N–H and O–H groups in total. The van der Waals surface area contributed by atoms with Crippen molar-refractivity contribution in [3.8, 4) is 5.69 Å². The van der Waals surface area contributed by atoms with Gasteiger partial charge in [0, 0.05) is 29.7 Å². The van der Waals surface area contributed by atoms with Crippen LogP contribution in [0, 0.1) is 5.82 Å². The Labute approximate surface area is 139 Å². The zero-order chi connectivity index (χ0) is 16.9. The highest BCUT2D eigenvalue weighted by molar-refractivity contribution is 5.98. The molecule has 0 saturated heterocycles. The number of halogens is 1. The Morgan fingerprint density at radius 3 is 2.46 bits per heavy atom. The summed E-state index contributed by atoms with van der Waals surface area (Å²) in [6, 6.07) is 16.9. The molecule has 0 bridgehead atoms. The Bertz CT molecular complexity index is 881. The van der Waals surface area contributed by atoms with Gasteiger partial charge >= 0.3 is 0 Å². The zero-order valence-electron chi connectivity index (χ0n) is 12.8. The summed E-state index contributed by atoms with van der Waals surface area (Å²) in [5, 5.41) is 10.0. The van der Waals surface area contributed by atoms with Crippen LogP contribution in [0.4, 0.5) is 10.1 Å². The quantitative estimate of drug-likeness (QED) is 0.429. The summed E-state index contributed by atoms with van der Waals surface area (Å²) in [7, 11) is 0. The van der Waals surface area contributed by atoms with Gasteiger partial charge in [-0.25, -0.2) is 9.38 Å². The third-order valence-electron chi connectivity index (χ3n) is 3.42. The topological polar surface area (TPSA) is 63.5 Å². The molecule has 4 nitrogen and oxygen atoms in total. The highest BCUT2D eigenvalue weighted by Crippen LogP contribution is 2.18. The molecule has 120 valence electrons. The minimum absolute atomic E-state index is 0.0715. The number of aromatic nitrogens is 1. The maximum absolute atomic E-state index is 12.9. The van der Waals surface area contributed by atoms with Crippen LogP contribution in [0.2, 0.25) is 0 Å². The molecule has 24 heavy (non-hydrogen) atoms. The Hall–Kier alpha value is -3.34. The molecule has 0 amide bonds. The molecule has 0 unspecified atom stereocenters. The van der Waals surface area contributed by atoms with Crippen LogP contribution in [0.15, 0.2) is 84.1 Å². The van der Waals surface area contributed by atoms with Crippen LogP contribution in [0.25, 0.3) is 11.4 Å². The SMILES string of the molecule is NC(/C=C(\O)c1ccc(F)cc1)=Nc1cccc(-n2cccc2)c1. The molecule has 3 rings (SSSR count). The lowest BCUT2D eigenvalue weighted by atomic mass is 10.2. The molecule has 1 heterocycles. The van der Waals surface area contributed by atoms with Gasteiger partial charge in [-0.2, -0.15) is 0 Å². The number of aliphatic imine (C=N–C) groups is 1. The molecule has 0 fully saturated rings. The van der Waals surface area contributed by atoms with Crippen LogP contribution < -0.4 is 5.73 Å². The van der Waals surface area contributed by atoms with Gasteiger partial charge in [-0.05, 0) is 54.6 Å². The van der Waals surface area contributed by atoms with Gasteiger partial charge < -0.3 is 15.4 Å². The number of hydrogen-bond acceptors (Lipinski definition) is 2. The second kappa shape index (κ2) is 6.83. The fourth-order valence-corrected chi connectivity index (χ4v) is 2.26. The smallest absolute Gasteiger partial charge is 0.127 e. The lowest BCUT2D eigenvalue weighted by molar-refractivity contribution is 0.512. The van der Waals surface area contributed by atoms with Crippen molar-refractivity contribution in [2.75, 3.05) is 0 Å². The van der Waals surface area contributed by atoms with Crippen molar-refractivity contribution < 1.29 is 9.50 Å². The third-order valence-corrected chi connectivity index (χ3v) is 3.42. The number of hydrogen-bond donors (Lipinski definition) is 2. The normalized spacial score (nSPS) is 12.4. The average molecular weight is 321 g/mol. The Kier molecular flexibility index (Phi) is 4.43. The number of amidine groups is 1. The van der Waals surface area contributed by atoms with Gasteiger partial charge in [-0.15, -0.1) is 0 Å². The summed E-state index contributed by atoms with van der Waals surface area (Å²) in [5.41, 5.74) is 7.97. The first-order valence-corrected chi connectivity index (χ1v) is 7.36. The van der Waals surface area contributed by atoms with Crippen molar-refractivity contribution in [2.24, 2.45) is 10.7 Å². The number of rotatable bonds is 4. The molecule has 0 radical (unpaired) electrons. The summed E-state index contributed by atoms with van der Waals surface area (Å²) in [5.74, 6) is -0.283. The van der Waals surface area contributed by atoms with Gasteiger partial charge in [0.25, 0.3) is 0 Å². The van der Waals surface area contributed by atoms with Gasteiger partial charge in [0.05, 0.1) is 5.69 Å². The van der Waals surface area contributed by atoms with Crippen molar-refractivity contribution >= 4 is 17.3 Å². The number of benzene rings is 2. The van der Waals surface area contributed by atoms with Crippen molar-refractivity contribution in [3.05, 3.63) is 90.5 Å². The first kappa shape index (κ1) is 15.6. The van der Waals surface area contributed by atoms with Crippen LogP contribution in [-0.2, 0) is 0 Å². The van der Waals surface area contributed by atoms with E-state index >= 15 is 0 Å². The second-order valence-corrected chi connectivity index (χ2v) is 5.18. The number of aliphatic hydroxyl groups excluding tert-OH is 1. The Balaban J connectivity index is 1.84. The molecule has 0 aliphatic carbocycles. The molecule has 1 aromatic heterocycles. The minimum atomic E-state index is -0.366. The van der Waals surface area contributed by atoms with Gasteiger partial charge in [-0.1, -0.05) is 6.07 Å². The van der Waals surface area contributed by atoms with Crippen molar-refractivity contribution in [1.29, 1.82) is 0 Å². The van der Waals surface area contributed by atoms with Gasteiger partial charge in [-0.3, -0.25) is 0 Å². The predicted molar refractivity (Wildman–Crippen MR) is 94.1 cm³/mol. The monoisotopic (exact) mass is 321 g/mol. The molecule has 0 aliphatic heterocycles. The highest BCUT2D eigenvalue weighted by Gasteiger charge is 2.01. The first-order chi connectivity index (χ1) is 11.6.